The summed E-state index contributed by atoms with van der Waals surface area (Å²) in [6.07, 6.45) is 7.68. The molecule has 4 nitrogen and oxygen atoms in total. The Morgan fingerprint density at radius 3 is 2.95 bits per heavy atom. The first kappa shape index (κ1) is 12.5. The van der Waals surface area contributed by atoms with Crippen molar-refractivity contribution in [2.75, 3.05) is 7.11 Å². The molecule has 1 aliphatic carbocycles. The second-order valence-corrected chi connectivity index (χ2v) is 4.62. The van der Waals surface area contributed by atoms with Gasteiger partial charge >= 0.3 is 0 Å². The topological polar surface area (TPSA) is 68.3 Å². The molecular weight excluding hydrogens is 252 g/mol. The number of methoxy groups -OCH3 is 1. The van der Waals surface area contributed by atoms with Crippen LogP contribution in [-0.4, -0.2) is 19.3 Å². The molecule has 0 aromatic heterocycles. The summed E-state index contributed by atoms with van der Waals surface area (Å²) >= 11 is 0. The molecule has 3 rings (SSSR count). The number of hydrogen-bond acceptors (Lipinski definition) is 4. The van der Waals surface area contributed by atoms with Crippen molar-refractivity contribution >= 4 is 11.3 Å². The standard InChI is InChI=1S/C16H14N2O2/c1-19-10-6-7-11-12-4-2-3-5-15(12)20-16(13(11)8-10)14(18)9-17/h2-8,14-15H,18H2,1H3. The number of hydrogen-bond donors (Lipinski definition) is 1. The summed E-state index contributed by atoms with van der Waals surface area (Å²) in [6.45, 7) is 0. The zero-order valence-electron chi connectivity index (χ0n) is 11.0. The van der Waals surface area contributed by atoms with Gasteiger partial charge < -0.3 is 15.2 Å². The van der Waals surface area contributed by atoms with Crippen molar-refractivity contribution in [3.8, 4) is 11.8 Å². The lowest BCUT2D eigenvalue weighted by Gasteiger charge is -2.26. The molecule has 2 unspecified atom stereocenters. The third-order valence-electron chi connectivity index (χ3n) is 3.46. The number of rotatable bonds is 2. The fourth-order valence-electron chi connectivity index (χ4n) is 2.47. The summed E-state index contributed by atoms with van der Waals surface area (Å²) in [6, 6.07) is 6.98. The lowest BCUT2D eigenvalue weighted by Crippen LogP contribution is -2.43. The third-order valence-corrected chi connectivity index (χ3v) is 3.46. The van der Waals surface area contributed by atoms with Gasteiger partial charge in [-0.2, -0.15) is 5.26 Å². The van der Waals surface area contributed by atoms with Crippen LogP contribution in [0.3, 0.4) is 0 Å². The van der Waals surface area contributed by atoms with Crippen LogP contribution >= 0.6 is 0 Å². The molecule has 20 heavy (non-hydrogen) atoms. The predicted molar refractivity (Wildman–Crippen MR) is 75.8 cm³/mol. The van der Waals surface area contributed by atoms with E-state index in [-0.39, 0.29) is 6.10 Å². The first-order valence-corrected chi connectivity index (χ1v) is 6.34. The minimum atomic E-state index is -0.790. The monoisotopic (exact) mass is 266 g/mol. The second kappa shape index (κ2) is 4.87. The predicted octanol–water partition coefficient (Wildman–Crippen LogP) is 0.330. The van der Waals surface area contributed by atoms with E-state index in [0.717, 1.165) is 16.0 Å². The van der Waals surface area contributed by atoms with Gasteiger partial charge in [0.15, 0.2) is 6.04 Å². The number of nitrogens with two attached hydrogens (primary N) is 1. The summed E-state index contributed by atoms with van der Waals surface area (Å²) in [5, 5.41) is 10.9. The first-order chi connectivity index (χ1) is 9.74. The van der Waals surface area contributed by atoms with Gasteiger partial charge in [-0.25, -0.2) is 0 Å². The maximum Gasteiger partial charge on any atom is 0.151 e. The summed E-state index contributed by atoms with van der Waals surface area (Å²) in [4.78, 5) is 0. The van der Waals surface area contributed by atoms with Gasteiger partial charge in [0, 0.05) is 10.8 Å². The Hall–Kier alpha value is -2.51. The molecule has 0 saturated carbocycles. The van der Waals surface area contributed by atoms with Crippen LogP contribution in [0.5, 0.6) is 5.75 Å². The van der Waals surface area contributed by atoms with Gasteiger partial charge in [-0.15, -0.1) is 0 Å². The lowest BCUT2D eigenvalue weighted by molar-refractivity contribution is 0.242. The van der Waals surface area contributed by atoms with Crippen LogP contribution in [-0.2, 0) is 4.74 Å². The average molecular weight is 266 g/mol. The van der Waals surface area contributed by atoms with E-state index < -0.39 is 6.04 Å². The molecule has 1 aromatic rings. The van der Waals surface area contributed by atoms with E-state index in [1.165, 1.54) is 0 Å². The smallest absolute Gasteiger partial charge is 0.151 e. The van der Waals surface area contributed by atoms with Crippen LogP contribution in [0.2, 0.25) is 0 Å². The highest BCUT2D eigenvalue weighted by atomic mass is 16.5. The number of nitrogens with zero attached hydrogens (tertiary/aromatic N) is 1. The fourth-order valence-corrected chi connectivity index (χ4v) is 2.47. The molecule has 1 aromatic carbocycles. The van der Waals surface area contributed by atoms with Gasteiger partial charge in [0.2, 0.25) is 0 Å². The second-order valence-electron chi connectivity index (χ2n) is 4.62. The Morgan fingerprint density at radius 2 is 2.20 bits per heavy atom. The molecule has 1 heterocycles. The highest BCUT2D eigenvalue weighted by Gasteiger charge is 2.24. The Kier molecular flexibility index (Phi) is 3.05. The van der Waals surface area contributed by atoms with Gasteiger partial charge in [-0.3, -0.25) is 0 Å². The van der Waals surface area contributed by atoms with Gasteiger partial charge in [0.05, 0.1) is 13.2 Å². The maximum atomic E-state index is 9.09. The highest BCUT2D eigenvalue weighted by Crippen LogP contribution is 2.22. The summed E-state index contributed by atoms with van der Waals surface area (Å²) in [7, 11) is 1.61. The Morgan fingerprint density at radius 1 is 1.35 bits per heavy atom. The molecule has 0 saturated heterocycles. The van der Waals surface area contributed by atoms with Crippen molar-refractivity contribution in [3.05, 3.63) is 52.9 Å². The molecule has 0 fully saturated rings. The molecular formula is C16H14N2O2. The molecule has 100 valence electrons. The highest BCUT2D eigenvalue weighted by molar-refractivity contribution is 5.70. The molecule has 2 N–H and O–H groups in total. The number of nitriles is 1. The van der Waals surface area contributed by atoms with Crippen LogP contribution < -0.4 is 20.9 Å². The van der Waals surface area contributed by atoms with Crippen molar-refractivity contribution in [1.82, 2.24) is 0 Å². The van der Waals surface area contributed by atoms with Gasteiger partial charge in [0.25, 0.3) is 0 Å². The van der Waals surface area contributed by atoms with Crippen LogP contribution in [0, 0.1) is 11.3 Å². The SMILES string of the molecule is COc1ccc2c(c1)=C(C(N)C#N)OC1C=CC=CC=21. The summed E-state index contributed by atoms with van der Waals surface area (Å²) in [5.74, 6) is 1.21. The van der Waals surface area contributed by atoms with Crippen LogP contribution in [0.4, 0.5) is 0 Å². The van der Waals surface area contributed by atoms with Gasteiger partial charge in [-0.05, 0) is 23.4 Å². The van der Waals surface area contributed by atoms with Crippen molar-refractivity contribution in [2.45, 2.75) is 12.1 Å². The van der Waals surface area contributed by atoms with Crippen LogP contribution in [0.1, 0.15) is 0 Å². The molecule has 2 aliphatic rings. The van der Waals surface area contributed by atoms with Crippen molar-refractivity contribution in [3.63, 3.8) is 0 Å². The Labute approximate surface area is 116 Å². The van der Waals surface area contributed by atoms with E-state index in [4.69, 9.17) is 20.5 Å². The van der Waals surface area contributed by atoms with E-state index in [9.17, 15) is 0 Å². The third kappa shape index (κ3) is 1.89. The van der Waals surface area contributed by atoms with Crippen LogP contribution in [0.15, 0.2) is 42.5 Å². The van der Waals surface area contributed by atoms with E-state index in [0.29, 0.717) is 11.5 Å². The molecule has 0 radical (unpaired) electrons. The molecule has 0 bridgehead atoms. The number of allylic oxidation sites excluding steroid dienone is 2. The largest absolute Gasteiger partial charge is 0.497 e. The van der Waals surface area contributed by atoms with E-state index in [1.807, 2.05) is 48.6 Å². The molecule has 2 atom stereocenters. The Balaban J connectivity index is 2.37. The normalized spacial score (nSPS) is 20.6. The first-order valence-electron chi connectivity index (χ1n) is 6.34. The van der Waals surface area contributed by atoms with Gasteiger partial charge in [0.1, 0.15) is 17.6 Å². The minimum absolute atomic E-state index is 0.185. The van der Waals surface area contributed by atoms with Crippen molar-refractivity contribution in [1.29, 1.82) is 5.26 Å². The average Bonchev–Trinajstić information content (AvgIpc) is 2.52. The molecule has 4 heteroatoms. The van der Waals surface area contributed by atoms with Crippen molar-refractivity contribution < 1.29 is 9.47 Å². The Bertz CT molecular complexity index is 769. The fraction of sp³-hybridized carbons (Fsp3) is 0.188. The number of ether oxygens (including phenoxy) is 2. The molecule has 0 amide bonds. The zero-order chi connectivity index (χ0) is 14.1. The number of fused-ring (bicyclic) bond motifs is 2. The van der Waals surface area contributed by atoms with E-state index >= 15 is 0 Å². The van der Waals surface area contributed by atoms with Crippen LogP contribution in [0.25, 0.3) is 11.3 Å². The lowest BCUT2D eigenvalue weighted by atomic mass is 9.96. The summed E-state index contributed by atoms with van der Waals surface area (Å²) in [5.41, 5.74) is 6.93. The van der Waals surface area contributed by atoms with E-state index in [1.54, 1.807) is 7.11 Å². The zero-order valence-corrected chi connectivity index (χ0v) is 11.0. The van der Waals surface area contributed by atoms with Gasteiger partial charge in [-0.1, -0.05) is 24.3 Å². The molecule has 0 spiro atoms. The minimum Gasteiger partial charge on any atom is -0.497 e. The summed E-state index contributed by atoms with van der Waals surface area (Å²) < 4.78 is 11.2. The quantitative estimate of drug-likeness (QED) is 0.837. The maximum absolute atomic E-state index is 9.09. The van der Waals surface area contributed by atoms with Crippen molar-refractivity contribution in [2.24, 2.45) is 5.73 Å². The number of benzene rings is 1. The van der Waals surface area contributed by atoms with E-state index in [2.05, 4.69) is 0 Å². The molecule has 1 aliphatic heterocycles.